The van der Waals surface area contributed by atoms with Gasteiger partial charge in [0.15, 0.2) is 0 Å². The number of carbonyl (C=O) groups is 1. The number of nitrogens with one attached hydrogen (secondary N) is 1. The number of hydrogen-bond acceptors (Lipinski definition) is 3. The molecule has 3 aliphatic heterocycles. The number of rotatable bonds is 2. The predicted octanol–water partition coefficient (Wildman–Crippen LogP) is 3.02. The van der Waals surface area contributed by atoms with Crippen molar-refractivity contribution in [1.29, 1.82) is 0 Å². The van der Waals surface area contributed by atoms with Crippen molar-refractivity contribution in [3.8, 4) is 0 Å². The van der Waals surface area contributed by atoms with Crippen LogP contribution in [-0.4, -0.2) is 54.0 Å². The predicted molar refractivity (Wildman–Crippen MR) is 110 cm³/mol. The molecular formula is C20H31Cl2N3O. The van der Waals surface area contributed by atoms with Gasteiger partial charge < -0.3 is 15.1 Å². The fraction of sp³-hybridized carbons (Fsp3) is 0.650. The minimum absolute atomic E-state index is 0. The van der Waals surface area contributed by atoms with E-state index in [-0.39, 0.29) is 30.9 Å². The van der Waals surface area contributed by atoms with Crippen LogP contribution in [0.3, 0.4) is 0 Å². The van der Waals surface area contributed by atoms with Crippen molar-refractivity contribution >= 4 is 30.7 Å². The van der Waals surface area contributed by atoms with E-state index in [1.54, 1.807) is 0 Å². The van der Waals surface area contributed by atoms with Crippen LogP contribution in [0, 0.1) is 0 Å². The molecule has 1 aromatic rings. The number of nitrogens with zero attached hydrogens (tertiary/aromatic N) is 2. The second-order valence-corrected chi connectivity index (χ2v) is 7.56. The summed E-state index contributed by atoms with van der Waals surface area (Å²) in [5.74, 6) is 0.307. The second kappa shape index (κ2) is 9.93. The highest BCUT2D eigenvalue weighted by molar-refractivity contribution is 5.85. The second-order valence-electron chi connectivity index (χ2n) is 7.56. The first kappa shape index (κ1) is 21.5. The Balaban J connectivity index is 0.00000121. The minimum Gasteiger partial charge on any atom is -0.341 e. The molecule has 0 bridgehead atoms. The number of carbonyl (C=O) groups excluding carboxylic acids is 1. The van der Waals surface area contributed by atoms with Crippen LogP contribution < -0.4 is 5.32 Å². The van der Waals surface area contributed by atoms with Gasteiger partial charge in [0, 0.05) is 25.7 Å². The number of amides is 1. The van der Waals surface area contributed by atoms with Gasteiger partial charge in [-0.1, -0.05) is 30.7 Å². The van der Waals surface area contributed by atoms with Crippen LogP contribution in [0.15, 0.2) is 24.3 Å². The molecule has 1 N–H and O–H groups in total. The number of fused-ring (bicyclic) bond motifs is 1. The number of benzene rings is 1. The van der Waals surface area contributed by atoms with Crippen molar-refractivity contribution in [3.63, 3.8) is 0 Å². The van der Waals surface area contributed by atoms with Crippen molar-refractivity contribution < 1.29 is 4.79 Å². The van der Waals surface area contributed by atoms with Crippen LogP contribution in [0.4, 0.5) is 0 Å². The summed E-state index contributed by atoms with van der Waals surface area (Å²) in [4.78, 5) is 17.7. The third-order valence-corrected chi connectivity index (χ3v) is 6.06. The molecule has 1 aromatic carbocycles. The van der Waals surface area contributed by atoms with Crippen LogP contribution in [0.5, 0.6) is 0 Å². The zero-order valence-corrected chi connectivity index (χ0v) is 17.0. The molecule has 1 unspecified atom stereocenters. The average molecular weight is 400 g/mol. The molecule has 4 rings (SSSR count). The molecule has 2 saturated heterocycles. The van der Waals surface area contributed by atoms with Gasteiger partial charge in [0.2, 0.25) is 5.91 Å². The molecule has 6 heteroatoms. The Bertz CT molecular complexity index is 584. The molecule has 0 aromatic heterocycles. The van der Waals surface area contributed by atoms with Gasteiger partial charge >= 0.3 is 0 Å². The smallest absolute Gasteiger partial charge is 0.240 e. The Morgan fingerprint density at radius 2 is 1.58 bits per heavy atom. The van der Waals surface area contributed by atoms with Crippen LogP contribution >= 0.6 is 24.8 Å². The summed E-state index contributed by atoms with van der Waals surface area (Å²) in [5.41, 5.74) is 2.67. The largest absolute Gasteiger partial charge is 0.341 e. The fourth-order valence-electron chi connectivity index (χ4n) is 4.58. The lowest BCUT2D eigenvalue weighted by Crippen LogP contribution is -2.54. The van der Waals surface area contributed by atoms with Gasteiger partial charge in [0.25, 0.3) is 0 Å². The maximum atomic E-state index is 12.9. The molecule has 1 amide bonds. The van der Waals surface area contributed by atoms with E-state index in [1.807, 2.05) is 0 Å². The molecule has 0 radical (unpaired) electrons. The first-order chi connectivity index (χ1) is 11.8. The highest BCUT2D eigenvalue weighted by Crippen LogP contribution is 2.23. The Morgan fingerprint density at radius 1 is 0.923 bits per heavy atom. The zero-order valence-electron chi connectivity index (χ0n) is 15.4. The van der Waals surface area contributed by atoms with Crippen LogP contribution in [0.25, 0.3) is 0 Å². The molecule has 2 fully saturated rings. The van der Waals surface area contributed by atoms with E-state index in [9.17, 15) is 4.79 Å². The van der Waals surface area contributed by atoms with Crippen molar-refractivity contribution in [2.45, 2.75) is 57.2 Å². The zero-order chi connectivity index (χ0) is 16.4. The topological polar surface area (TPSA) is 35.6 Å². The van der Waals surface area contributed by atoms with Gasteiger partial charge in [-0.05, 0) is 56.3 Å². The highest BCUT2D eigenvalue weighted by atomic mass is 35.5. The first-order valence-electron chi connectivity index (χ1n) is 9.64. The lowest BCUT2D eigenvalue weighted by molar-refractivity contribution is -0.135. The molecule has 1 atom stereocenters. The quantitative estimate of drug-likeness (QED) is 0.829. The van der Waals surface area contributed by atoms with Crippen molar-refractivity contribution in [2.75, 3.05) is 26.2 Å². The maximum Gasteiger partial charge on any atom is 0.240 e. The molecule has 3 heterocycles. The fourth-order valence-corrected chi connectivity index (χ4v) is 4.58. The van der Waals surface area contributed by atoms with Gasteiger partial charge in [-0.2, -0.15) is 0 Å². The summed E-state index contributed by atoms with van der Waals surface area (Å²) in [7, 11) is 0. The third-order valence-electron chi connectivity index (χ3n) is 6.06. The van der Waals surface area contributed by atoms with Gasteiger partial charge in [0.1, 0.15) is 0 Å². The molecule has 0 saturated carbocycles. The highest BCUT2D eigenvalue weighted by Gasteiger charge is 2.32. The van der Waals surface area contributed by atoms with E-state index >= 15 is 0 Å². The van der Waals surface area contributed by atoms with Gasteiger partial charge in [-0.3, -0.25) is 4.79 Å². The first-order valence-corrected chi connectivity index (χ1v) is 9.64. The van der Waals surface area contributed by atoms with E-state index in [0.29, 0.717) is 11.9 Å². The summed E-state index contributed by atoms with van der Waals surface area (Å²) >= 11 is 0. The molecule has 3 aliphatic rings. The summed E-state index contributed by atoms with van der Waals surface area (Å²) in [6, 6.07) is 9.15. The van der Waals surface area contributed by atoms with E-state index in [1.165, 1.54) is 43.5 Å². The Kier molecular flexibility index (Phi) is 8.21. The Morgan fingerprint density at radius 3 is 2.27 bits per heavy atom. The number of halogens is 2. The van der Waals surface area contributed by atoms with Crippen LogP contribution in [0.2, 0.25) is 0 Å². The maximum absolute atomic E-state index is 12.9. The SMILES string of the molecule is Cl.Cl.O=C(C1Cc2ccccc2CN1)N1CCC(N2CCCCC2)CC1. The number of likely N-dealkylation sites (tertiary alicyclic amines) is 2. The van der Waals surface area contributed by atoms with E-state index < -0.39 is 0 Å². The van der Waals surface area contributed by atoms with Gasteiger partial charge in [0.05, 0.1) is 6.04 Å². The van der Waals surface area contributed by atoms with Gasteiger partial charge in [-0.15, -0.1) is 24.8 Å². The third kappa shape index (κ3) is 4.72. The monoisotopic (exact) mass is 399 g/mol. The summed E-state index contributed by atoms with van der Waals surface area (Å²) < 4.78 is 0. The number of piperidine rings is 2. The van der Waals surface area contributed by atoms with E-state index in [0.717, 1.165) is 38.9 Å². The molecule has 0 spiro atoms. The summed E-state index contributed by atoms with van der Waals surface area (Å²) in [6.07, 6.45) is 7.23. The summed E-state index contributed by atoms with van der Waals surface area (Å²) in [6.45, 7) is 5.20. The Hall–Kier alpha value is -0.810. The molecule has 146 valence electrons. The van der Waals surface area contributed by atoms with Crippen LogP contribution in [-0.2, 0) is 17.8 Å². The Labute approximate surface area is 169 Å². The lowest BCUT2D eigenvalue weighted by Gasteiger charge is -2.41. The average Bonchev–Trinajstić information content (AvgIpc) is 2.68. The van der Waals surface area contributed by atoms with Crippen molar-refractivity contribution in [1.82, 2.24) is 15.1 Å². The lowest BCUT2D eigenvalue weighted by atomic mass is 9.94. The molecule has 26 heavy (non-hydrogen) atoms. The standard InChI is InChI=1S/C20H29N3O.2ClH/c24-20(19-14-16-6-2-3-7-17(16)15-21-19)23-12-8-18(9-13-23)22-10-4-1-5-11-22;;/h2-3,6-7,18-19,21H,1,4-5,8-15H2;2*1H. The summed E-state index contributed by atoms with van der Waals surface area (Å²) in [5, 5.41) is 3.45. The molecular weight excluding hydrogens is 369 g/mol. The minimum atomic E-state index is -0.0357. The number of hydrogen-bond donors (Lipinski definition) is 1. The van der Waals surface area contributed by atoms with E-state index in [4.69, 9.17) is 0 Å². The normalized spacial score (nSPS) is 24.2. The molecule has 4 nitrogen and oxygen atoms in total. The van der Waals surface area contributed by atoms with Crippen molar-refractivity contribution in [2.24, 2.45) is 0 Å². The molecule has 0 aliphatic carbocycles. The van der Waals surface area contributed by atoms with Gasteiger partial charge in [-0.25, -0.2) is 0 Å². The van der Waals surface area contributed by atoms with Crippen LogP contribution in [0.1, 0.15) is 43.2 Å². The van der Waals surface area contributed by atoms with E-state index in [2.05, 4.69) is 39.4 Å². The van der Waals surface area contributed by atoms with Crippen molar-refractivity contribution in [3.05, 3.63) is 35.4 Å².